The van der Waals surface area contributed by atoms with Gasteiger partial charge in [0.25, 0.3) is 0 Å². The highest BCUT2D eigenvalue weighted by molar-refractivity contribution is 5.81. The zero-order valence-corrected chi connectivity index (χ0v) is 14.8. The number of para-hydroxylation sites is 1. The Kier molecular flexibility index (Phi) is 4.48. The van der Waals surface area contributed by atoms with Crippen molar-refractivity contribution in [2.24, 2.45) is 0 Å². The van der Waals surface area contributed by atoms with Crippen LogP contribution in [0.3, 0.4) is 0 Å². The van der Waals surface area contributed by atoms with Gasteiger partial charge in [-0.05, 0) is 25.0 Å². The van der Waals surface area contributed by atoms with E-state index in [1.807, 2.05) is 30.2 Å². The van der Waals surface area contributed by atoms with Crippen molar-refractivity contribution in [3.8, 4) is 0 Å². The highest BCUT2D eigenvalue weighted by Gasteiger charge is 2.21. The maximum atomic E-state index is 12.5. The molecule has 3 aromatic rings. The van der Waals surface area contributed by atoms with Crippen LogP contribution in [0.5, 0.6) is 0 Å². The second kappa shape index (κ2) is 7.07. The van der Waals surface area contributed by atoms with Crippen LogP contribution in [0.2, 0.25) is 0 Å². The van der Waals surface area contributed by atoms with Gasteiger partial charge < -0.3 is 10.2 Å². The summed E-state index contributed by atoms with van der Waals surface area (Å²) in [6, 6.07) is 10.1. The predicted molar refractivity (Wildman–Crippen MR) is 99.7 cm³/mol. The van der Waals surface area contributed by atoms with Gasteiger partial charge in [0.1, 0.15) is 5.82 Å². The average Bonchev–Trinajstić information content (AvgIpc) is 2.67. The van der Waals surface area contributed by atoms with Crippen LogP contribution in [-0.2, 0) is 19.4 Å². The fourth-order valence-corrected chi connectivity index (χ4v) is 3.37. The monoisotopic (exact) mass is 347 g/mol. The van der Waals surface area contributed by atoms with Crippen molar-refractivity contribution in [1.29, 1.82) is 0 Å². The van der Waals surface area contributed by atoms with Crippen molar-refractivity contribution in [2.45, 2.75) is 26.3 Å². The summed E-state index contributed by atoms with van der Waals surface area (Å²) < 4.78 is 0. The van der Waals surface area contributed by atoms with Gasteiger partial charge in [0.15, 0.2) is 0 Å². The summed E-state index contributed by atoms with van der Waals surface area (Å²) >= 11 is 0. The Morgan fingerprint density at radius 2 is 2.12 bits per heavy atom. The normalized spacial score (nSPS) is 13.5. The van der Waals surface area contributed by atoms with Gasteiger partial charge in [0.05, 0.1) is 17.8 Å². The maximum absolute atomic E-state index is 12.5. The molecule has 0 spiro atoms. The first kappa shape index (κ1) is 16.4. The molecule has 6 nitrogen and oxygen atoms in total. The van der Waals surface area contributed by atoms with Gasteiger partial charge in [-0.1, -0.05) is 24.3 Å². The van der Waals surface area contributed by atoms with Crippen molar-refractivity contribution in [3.63, 3.8) is 0 Å². The Balaban J connectivity index is 1.36. The van der Waals surface area contributed by atoms with E-state index in [9.17, 15) is 4.79 Å². The second-order valence-electron chi connectivity index (χ2n) is 6.53. The van der Waals surface area contributed by atoms with Crippen molar-refractivity contribution in [1.82, 2.24) is 25.2 Å². The molecule has 1 aliphatic rings. The number of fused-ring (bicyclic) bond motifs is 2. The first-order valence-corrected chi connectivity index (χ1v) is 8.87. The number of nitrogens with zero attached hydrogens (tertiary/aromatic N) is 4. The van der Waals surface area contributed by atoms with Gasteiger partial charge in [-0.15, -0.1) is 0 Å². The minimum absolute atomic E-state index is 0.0376. The number of urea groups is 1. The number of aryl methyl sites for hydroxylation is 1. The molecule has 6 heteroatoms. The Hall–Kier alpha value is -3.02. The van der Waals surface area contributed by atoms with E-state index in [2.05, 4.69) is 38.5 Å². The largest absolute Gasteiger partial charge is 0.338 e. The van der Waals surface area contributed by atoms with E-state index in [0.717, 1.165) is 46.4 Å². The molecule has 4 rings (SSSR count). The third kappa shape index (κ3) is 3.35. The minimum atomic E-state index is -0.0376. The van der Waals surface area contributed by atoms with E-state index in [0.29, 0.717) is 19.6 Å². The van der Waals surface area contributed by atoms with E-state index >= 15 is 0 Å². The molecule has 0 saturated heterocycles. The lowest BCUT2D eigenvalue weighted by atomic mass is 10.1. The smallest absolute Gasteiger partial charge is 0.317 e. The molecule has 1 aromatic carbocycles. The molecule has 26 heavy (non-hydrogen) atoms. The number of hydrogen-bond acceptors (Lipinski definition) is 4. The third-order valence-corrected chi connectivity index (χ3v) is 4.73. The van der Waals surface area contributed by atoms with Gasteiger partial charge >= 0.3 is 6.03 Å². The standard InChI is InChI=1S/C20H21N5O/c1-14-23-12-17-13-25(11-8-18(17)24-14)20(26)22-10-7-16-5-2-4-15-6-3-9-21-19(15)16/h2-6,9,12H,7-8,10-11,13H2,1H3,(H,22,26). The van der Waals surface area contributed by atoms with Crippen LogP contribution in [0.15, 0.2) is 42.7 Å². The number of aromatic nitrogens is 3. The number of nitrogens with one attached hydrogen (secondary N) is 1. The van der Waals surface area contributed by atoms with Crippen LogP contribution in [0.4, 0.5) is 4.79 Å². The van der Waals surface area contributed by atoms with Gasteiger partial charge in [-0.25, -0.2) is 14.8 Å². The molecule has 0 unspecified atom stereocenters. The topological polar surface area (TPSA) is 71.0 Å². The number of benzene rings is 1. The third-order valence-electron chi connectivity index (χ3n) is 4.73. The number of hydrogen-bond donors (Lipinski definition) is 1. The molecule has 2 amide bonds. The van der Waals surface area contributed by atoms with Crippen molar-refractivity contribution < 1.29 is 4.79 Å². The Bertz CT molecular complexity index is 951. The highest BCUT2D eigenvalue weighted by atomic mass is 16.2. The molecule has 0 atom stereocenters. The van der Waals surface area contributed by atoms with Crippen molar-refractivity contribution in [3.05, 3.63) is 65.4 Å². The molecule has 0 radical (unpaired) electrons. The summed E-state index contributed by atoms with van der Waals surface area (Å²) in [6.07, 6.45) is 5.17. The lowest BCUT2D eigenvalue weighted by Gasteiger charge is -2.28. The van der Waals surface area contributed by atoms with Crippen LogP contribution in [0.1, 0.15) is 22.6 Å². The number of pyridine rings is 1. The molecule has 1 aliphatic heterocycles. The number of amides is 2. The summed E-state index contributed by atoms with van der Waals surface area (Å²) in [5, 5.41) is 4.15. The van der Waals surface area contributed by atoms with Crippen LogP contribution >= 0.6 is 0 Å². The molecule has 0 fully saturated rings. The summed E-state index contributed by atoms with van der Waals surface area (Å²) in [4.78, 5) is 27.5. The lowest BCUT2D eigenvalue weighted by molar-refractivity contribution is 0.192. The Labute approximate surface area is 152 Å². The molecule has 0 saturated carbocycles. The van der Waals surface area contributed by atoms with Crippen molar-refractivity contribution >= 4 is 16.9 Å². The number of carbonyl (C=O) groups excluding carboxylic acids is 1. The van der Waals surface area contributed by atoms with Crippen LogP contribution in [0, 0.1) is 6.92 Å². The van der Waals surface area contributed by atoms with E-state index in [4.69, 9.17) is 0 Å². The molecule has 132 valence electrons. The zero-order valence-electron chi connectivity index (χ0n) is 14.8. The van der Waals surface area contributed by atoms with Crippen LogP contribution in [0.25, 0.3) is 10.9 Å². The first-order valence-electron chi connectivity index (χ1n) is 8.87. The molecule has 0 aliphatic carbocycles. The van der Waals surface area contributed by atoms with Crippen molar-refractivity contribution in [2.75, 3.05) is 13.1 Å². The second-order valence-corrected chi connectivity index (χ2v) is 6.53. The summed E-state index contributed by atoms with van der Waals surface area (Å²) in [6.45, 7) is 3.73. The molecular formula is C20H21N5O. The van der Waals surface area contributed by atoms with Gasteiger partial charge in [-0.3, -0.25) is 4.98 Å². The summed E-state index contributed by atoms with van der Waals surface area (Å²) in [7, 11) is 0. The number of carbonyl (C=O) groups is 1. The van der Waals surface area contributed by atoms with Gasteiger partial charge in [-0.2, -0.15) is 0 Å². The lowest BCUT2D eigenvalue weighted by Crippen LogP contribution is -2.43. The molecule has 3 heterocycles. The number of rotatable bonds is 3. The zero-order chi connectivity index (χ0) is 17.9. The Morgan fingerprint density at radius 3 is 3.04 bits per heavy atom. The van der Waals surface area contributed by atoms with Crippen LogP contribution in [-0.4, -0.2) is 39.0 Å². The fourth-order valence-electron chi connectivity index (χ4n) is 3.37. The predicted octanol–water partition coefficient (Wildman–Crippen LogP) is 2.64. The fraction of sp³-hybridized carbons (Fsp3) is 0.300. The Morgan fingerprint density at radius 1 is 1.23 bits per heavy atom. The van der Waals surface area contributed by atoms with E-state index in [-0.39, 0.29) is 6.03 Å². The molecular weight excluding hydrogens is 326 g/mol. The van der Waals surface area contributed by atoms with E-state index in [1.165, 1.54) is 0 Å². The maximum Gasteiger partial charge on any atom is 0.317 e. The highest BCUT2D eigenvalue weighted by Crippen LogP contribution is 2.17. The van der Waals surface area contributed by atoms with E-state index < -0.39 is 0 Å². The summed E-state index contributed by atoms with van der Waals surface area (Å²) in [5.41, 5.74) is 4.25. The minimum Gasteiger partial charge on any atom is -0.338 e. The first-order chi connectivity index (χ1) is 12.7. The summed E-state index contributed by atoms with van der Waals surface area (Å²) in [5.74, 6) is 0.783. The van der Waals surface area contributed by atoms with Crippen LogP contribution < -0.4 is 5.32 Å². The average molecular weight is 347 g/mol. The van der Waals surface area contributed by atoms with E-state index in [1.54, 1.807) is 6.20 Å². The van der Waals surface area contributed by atoms with Gasteiger partial charge in [0, 0.05) is 42.9 Å². The molecule has 1 N–H and O–H groups in total. The quantitative estimate of drug-likeness (QED) is 0.791. The van der Waals surface area contributed by atoms with Gasteiger partial charge in [0.2, 0.25) is 0 Å². The molecule has 0 bridgehead atoms. The molecule has 2 aromatic heterocycles. The SMILES string of the molecule is Cc1ncc2c(n1)CCN(C(=O)NCCc1cccc3cccnc13)C2.